The zero-order valence-corrected chi connectivity index (χ0v) is 10.9. The van der Waals surface area contributed by atoms with Crippen LogP contribution in [0.2, 0.25) is 0 Å². The van der Waals surface area contributed by atoms with Gasteiger partial charge in [-0.3, -0.25) is 4.79 Å². The summed E-state index contributed by atoms with van der Waals surface area (Å²) >= 11 is 0. The molecule has 1 saturated carbocycles. The van der Waals surface area contributed by atoms with Crippen LogP contribution in [0.1, 0.15) is 37.7 Å². The molecule has 18 heavy (non-hydrogen) atoms. The van der Waals surface area contributed by atoms with Crippen LogP contribution in [0.4, 0.5) is 5.69 Å². The first-order valence-corrected chi connectivity index (χ1v) is 7.20. The fourth-order valence-corrected chi connectivity index (χ4v) is 3.32. The molecule has 1 aromatic rings. The van der Waals surface area contributed by atoms with Gasteiger partial charge in [0.1, 0.15) is 5.78 Å². The van der Waals surface area contributed by atoms with Crippen molar-refractivity contribution in [2.24, 2.45) is 5.92 Å². The van der Waals surface area contributed by atoms with E-state index in [4.69, 9.17) is 0 Å². The molecule has 3 rings (SSSR count). The van der Waals surface area contributed by atoms with E-state index in [1.54, 1.807) is 0 Å². The van der Waals surface area contributed by atoms with Crippen molar-refractivity contribution >= 4 is 11.5 Å². The van der Waals surface area contributed by atoms with E-state index in [0.29, 0.717) is 5.78 Å². The van der Waals surface area contributed by atoms with Crippen LogP contribution in [0.25, 0.3) is 0 Å². The molecule has 0 N–H and O–H groups in total. The minimum Gasteiger partial charge on any atom is -0.371 e. The summed E-state index contributed by atoms with van der Waals surface area (Å²) < 4.78 is 0. The van der Waals surface area contributed by atoms with E-state index >= 15 is 0 Å². The lowest BCUT2D eigenvalue weighted by atomic mass is 9.87. The number of Topliss-reactive ketones (excluding diaryl/α,β-unsaturated/α-hetero) is 1. The Labute approximate surface area is 109 Å². The van der Waals surface area contributed by atoms with Crippen molar-refractivity contribution in [3.8, 4) is 0 Å². The third-order valence-corrected chi connectivity index (χ3v) is 4.33. The number of carbonyl (C=O) groups is 1. The van der Waals surface area contributed by atoms with Gasteiger partial charge in [-0.1, -0.05) is 24.6 Å². The van der Waals surface area contributed by atoms with Crippen molar-refractivity contribution in [2.45, 2.75) is 38.5 Å². The summed E-state index contributed by atoms with van der Waals surface area (Å²) in [6, 6.07) is 8.67. The molecule has 0 aromatic heterocycles. The van der Waals surface area contributed by atoms with Crippen LogP contribution in [0.5, 0.6) is 0 Å². The molecule has 1 aliphatic carbocycles. The third kappa shape index (κ3) is 2.29. The highest BCUT2D eigenvalue weighted by molar-refractivity contribution is 5.82. The topological polar surface area (TPSA) is 20.3 Å². The predicted molar refractivity (Wildman–Crippen MR) is 73.9 cm³/mol. The summed E-state index contributed by atoms with van der Waals surface area (Å²) in [4.78, 5) is 14.4. The van der Waals surface area contributed by atoms with E-state index in [2.05, 4.69) is 29.2 Å². The summed E-state index contributed by atoms with van der Waals surface area (Å²) in [5.41, 5.74) is 2.81. The minimum atomic E-state index is 0.282. The van der Waals surface area contributed by atoms with E-state index < -0.39 is 0 Å². The maximum absolute atomic E-state index is 12.0. The van der Waals surface area contributed by atoms with E-state index in [9.17, 15) is 4.79 Å². The second kappa shape index (κ2) is 5.13. The Kier molecular flexibility index (Phi) is 3.35. The number of para-hydroxylation sites is 1. The summed E-state index contributed by atoms with van der Waals surface area (Å²) in [5.74, 6) is 0.772. The van der Waals surface area contributed by atoms with Gasteiger partial charge in [0, 0.05) is 31.1 Å². The quantitative estimate of drug-likeness (QED) is 0.795. The SMILES string of the molecule is O=C1CCCCC1CN1CCCc2ccccc21. The van der Waals surface area contributed by atoms with Gasteiger partial charge < -0.3 is 4.90 Å². The van der Waals surface area contributed by atoms with Crippen LogP contribution >= 0.6 is 0 Å². The molecule has 1 aromatic carbocycles. The maximum Gasteiger partial charge on any atom is 0.137 e. The molecule has 0 spiro atoms. The molecule has 1 heterocycles. The predicted octanol–water partition coefficient (Wildman–Crippen LogP) is 3.20. The molecule has 2 aliphatic rings. The molecular weight excluding hydrogens is 222 g/mol. The minimum absolute atomic E-state index is 0.282. The average Bonchev–Trinajstić information content (AvgIpc) is 2.42. The van der Waals surface area contributed by atoms with Crippen LogP contribution in [0.3, 0.4) is 0 Å². The Bertz CT molecular complexity index is 440. The van der Waals surface area contributed by atoms with Gasteiger partial charge in [0.2, 0.25) is 0 Å². The van der Waals surface area contributed by atoms with Crippen molar-refractivity contribution < 1.29 is 4.79 Å². The second-order valence-corrected chi connectivity index (χ2v) is 5.59. The normalized spacial score (nSPS) is 23.9. The Morgan fingerprint density at radius 1 is 1.11 bits per heavy atom. The zero-order chi connectivity index (χ0) is 12.4. The molecule has 0 bridgehead atoms. The highest BCUT2D eigenvalue weighted by atomic mass is 16.1. The monoisotopic (exact) mass is 243 g/mol. The van der Waals surface area contributed by atoms with Gasteiger partial charge in [0.15, 0.2) is 0 Å². The number of carbonyl (C=O) groups excluding carboxylic acids is 1. The number of aryl methyl sites for hydroxylation is 1. The molecule has 0 saturated heterocycles. The lowest BCUT2D eigenvalue weighted by Gasteiger charge is -2.34. The van der Waals surface area contributed by atoms with Gasteiger partial charge in [-0.25, -0.2) is 0 Å². The Hall–Kier alpha value is -1.31. The number of rotatable bonds is 2. The van der Waals surface area contributed by atoms with Crippen LogP contribution in [-0.2, 0) is 11.2 Å². The largest absolute Gasteiger partial charge is 0.371 e. The molecule has 96 valence electrons. The van der Waals surface area contributed by atoms with Gasteiger partial charge >= 0.3 is 0 Å². The van der Waals surface area contributed by atoms with Crippen LogP contribution < -0.4 is 4.90 Å². The summed E-state index contributed by atoms with van der Waals surface area (Å²) in [6.07, 6.45) is 6.64. The number of anilines is 1. The van der Waals surface area contributed by atoms with E-state index in [1.807, 2.05) is 0 Å². The molecule has 1 aliphatic heterocycles. The number of hydrogen-bond acceptors (Lipinski definition) is 2. The molecule has 0 radical (unpaired) electrons. The maximum atomic E-state index is 12.0. The molecule has 2 nitrogen and oxygen atoms in total. The van der Waals surface area contributed by atoms with Gasteiger partial charge in [-0.15, -0.1) is 0 Å². The molecular formula is C16H21NO. The van der Waals surface area contributed by atoms with Gasteiger partial charge in [0.25, 0.3) is 0 Å². The lowest BCUT2D eigenvalue weighted by Crippen LogP contribution is -2.37. The van der Waals surface area contributed by atoms with Crippen LogP contribution in [0.15, 0.2) is 24.3 Å². The zero-order valence-electron chi connectivity index (χ0n) is 10.9. The first-order chi connectivity index (χ1) is 8.84. The van der Waals surface area contributed by atoms with Crippen LogP contribution in [-0.4, -0.2) is 18.9 Å². The van der Waals surface area contributed by atoms with E-state index in [-0.39, 0.29) is 5.92 Å². The highest BCUT2D eigenvalue weighted by Gasteiger charge is 2.26. The Balaban J connectivity index is 1.75. The number of fused-ring (bicyclic) bond motifs is 1. The smallest absolute Gasteiger partial charge is 0.137 e. The fraction of sp³-hybridized carbons (Fsp3) is 0.562. The van der Waals surface area contributed by atoms with Crippen molar-refractivity contribution in [3.05, 3.63) is 29.8 Å². The summed E-state index contributed by atoms with van der Waals surface area (Å²) in [5, 5.41) is 0. The van der Waals surface area contributed by atoms with Crippen molar-refractivity contribution in [1.82, 2.24) is 0 Å². The average molecular weight is 243 g/mol. The van der Waals surface area contributed by atoms with E-state index in [1.165, 1.54) is 30.5 Å². The molecule has 0 amide bonds. The lowest BCUT2D eigenvalue weighted by molar-refractivity contribution is -0.124. The van der Waals surface area contributed by atoms with Crippen molar-refractivity contribution in [2.75, 3.05) is 18.0 Å². The summed E-state index contributed by atoms with van der Waals surface area (Å²) in [6.45, 7) is 2.05. The first-order valence-electron chi connectivity index (χ1n) is 7.20. The Morgan fingerprint density at radius 3 is 2.89 bits per heavy atom. The van der Waals surface area contributed by atoms with Crippen molar-refractivity contribution in [3.63, 3.8) is 0 Å². The molecule has 1 fully saturated rings. The molecule has 2 heteroatoms. The number of nitrogens with zero attached hydrogens (tertiary/aromatic N) is 1. The summed E-state index contributed by atoms with van der Waals surface area (Å²) in [7, 11) is 0. The van der Waals surface area contributed by atoms with Gasteiger partial charge in [-0.05, 0) is 37.3 Å². The van der Waals surface area contributed by atoms with Crippen LogP contribution in [0, 0.1) is 5.92 Å². The fourth-order valence-electron chi connectivity index (χ4n) is 3.32. The number of ketones is 1. The number of benzene rings is 1. The second-order valence-electron chi connectivity index (χ2n) is 5.59. The highest BCUT2D eigenvalue weighted by Crippen LogP contribution is 2.29. The Morgan fingerprint density at radius 2 is 2.00 bits per heavy atom. The van der Waals surface area contributed by atoms with Crippen molar-refractivity contribution in [1.29, 1.82) is 0 Å². The number of hydrogen-bond donors (Lipinski definition) is 0. The van der Waals surface area contributed by atoms with E-state index in [0.717, 1.165) is 32.4 Å². The molecule has 1 atom stereocenters. The first kappa shape index (κ1) is 11.8. The third-order valence-electron chi connectivity index (χ3n) is 4.33. The standard InChI is InChI=1S/C16H21NO/c18-16-10-4-2-7-14(16)12-17-11-5-8-13-6-1-3-9-15(13)17/h1,3,6,9,14H,2,4-5,7-8,10-12H2. The van der Waals surface area contributed by atoms with Gasteiger partial charge in [0.05, 0.1) is 0 Å². The van der Waals surface area contributed by atoms with Gasteiger partial charge in [-0.2, -0.15) is 0 Å². The molecule has 1 unspecified atom stereocenters.